The molecular formula is C23H24F3N5O3S. The van der Waals surface area contributed by atoms with Crippen LogP contribution in [0.15, 0.2) is 48.5 Å². The van der Waals surface area contributed by atoms with Gasteiger partial charge in [-0.05, 0) is 54.4 Å². The number of nitrogens with zero attached hydrogens (tertiary/aromatic N) is 2. The number of alkyl halides is 3. The van der Waals surface area contributed by atoms with Gasteiger partial charge in [-0.3, -0.25) is 10.1 Å². The van der Waals surface area contributed by atoms with Gasteiger partial charge in [0.1, 0.15) is 16.8 Å². The van der Waals surface area contributed by atoms with Gasteiger partial charge >= 0.3 is 12.2 Å². The SMILES string of the molecule is CCC(C)C(NC(=O)Nc1ccc(C(F)(F)F)cc1)C(=O)Nc1nnc(-c2ccc(OC)cc2)s1. The number of urea groups is 1. The number of rotatable bonds is 8. The topological polar surface area (TPSA) is 105 Å². The number of ether oxygens (including phenoxy) is 1. The van der Waals surface area contributed by atoms with Crippen LogP contribution in [0, 0.1) is 5.92 Å². The zero-order valence-electron chi connectivity index (χ0n) is 19.1. The van der Waals surface area contributed by atoms with Crippen molar-refractivity contribution in [3.63, 3.8) is 0 Å². The minimum absolute atomic E-state index is 0.159. The molecular weight excluding hydrogens is 483 g/mol. The van der Waals surface area contributed by atoms with Gasteiger partial charge in [-0.15, -0.1) is 10.2 Å². The maximum atomic E-state index is 12.9. The Labute approximate surface area is 203 Å². The summed E-state index contributed by atoms with van der Waals surface area (Å²) in [6, 6.07) is 9.59. The Morgan fingerprint density at radius 2 is 1.69 bits per heavy atom. The van der Waals surface area contributed by atoms with Gasteiger partial charge in [0.15, 0.2) is 0 Å². The van der Waals surface area contributed by atoms with Gasteiger partial charge in [0.05, 0.1) is 12.7 Å². The van der Waals surface area contributed by atoms with Crippen LogP contribution in [0.5, 0.6) is 5.75 Å². The van der Waals surface area contributed by atoms with Gasteiger partial charge in [-0.25, -0.2) is 4.79 Å². The lowest BCUT2D eigenvalue weighted by atomic mass is 9.98. The molecule has 2 atom stereocenters. The molecule has 3 amide bonds. The van der Waals surface area contributed by atoms with Crippen molar-refractivity contribution in [1.29, 1.82) is 0 Å². The molecule has 2 aromatic carbocycles. The summed E-state index contributed by atoms with van der Waals surface area (Å²) in [6.07, 6.45) is -3.88. The molecule has 0 saturated carbocycles. The molecule has 1 heterocycles. The Morgan fingerprint density at radius 3 is 2.26 bits per heavy atom. The van der Waals surface area contributed by atoms with Crippen LogP contribution in [0.25, 0.3) is 10.6 Å². The van der Waals surface area contributed by atoms with E-state index in [-0.39, 0.29) is 16.7 Å². The van der Waals surface area contributed by atoms with Crippen LogP contribution >= 0.6 is 11.3 Å². The van der Waals surface area contributed by atoms with Crippen molar-refractivity contribution in [3.8, 4) is 16.3 Å². The molecule has 3 aromatic rings. The minimum Gasteiger partial charge on any atom is -0.497 e. The quantitative estimate of drug-likeness (QED) is 0.378. The van der Waals surface area contributed by atoms with Crippen LogP contribution in [-0.2, 0) is 11.0 Å². The lowest BCUT2D eigenvalue weighted by Gasteiger charge is -2.23. The maximum Gasteiger partial charge on any atom is 0.416 e. The van der Waals surface area contributed by atoms with E-state index in [2.05, 4.69) is 26.1 Å². The fraction of sp³-hybridized carbons (Fsp3) is 0.304. The summed E-state index contributed by atoms with van der Waals surface area (Å²) in [5.41, 5.74) is 0.134. The van der Waals surface area contributed by atoms with Crippen molar-refractivity contribution >= 4 is 34.1 Å². The number of carbonyl (C=O) groups excluding carboxylic acids is 2. The largest absolute Gasteiger partial charge is 0.497 e. The van der Waals surface area contributed by atoms with Crippen LogP contribution in [0.2, 0.25) is 0 Å². The molecule has 0 saturated heterocycles. The third-order valence-corrected chi connectivity index (χ3v) is 6.13. The van der Waals surface area contributed by atoms with Crippen molar-refractivity contribution in [3.05, 3.63) is 54.1 Å². The van der Waals surface area contributed by atoms with Crippen LogP contribution in [0.1, 0.15) is 25.8 Å². The van der Waals surface area contributed by atoms with Gasteiger partial charge in [0.2, 0.25) is 11.0 Å². The fourth-order valence-corrected chi connectivity index (χ4v) is 3.81. The van der Waals surface area contributed by atoms with Crippen molar-refractivity contribution in [2.75, 3.05) is 17.7 Å². The summed E-state index contributed by atoms with van der Waals surface area (Å²) in [5.74, 6) is -0.0227. The lowest BCUT2D eigenvalue weighted by Crippen LogP contribution is -2.49. The fourth-order valence-electron chi connectivity index (χ4n) is 3.06. The highest BCUT2D eigenvalue weighted by Crippen LogP contribution is 2.30. The van der Waals surface area contributed by atoms with Crippen molar-refractivity contribution in [2.45, 2.75) is 32.5 Å². The molecule has 0 aliphatic carbocycles. The van der Waals surface area contributed by atoms with Gasteiger partial charge < -0.3 is 15.4 Å². The Kier molecular flexibility index (Phi) is 8.28. The predicted octanol–water partition coefficient (Wildman–Crippen LogP) is 5.41. The first kappa shape index (κ1) is 25.9. The minimum atomic E-state index is -4.47. The average Bonchev–Trinajstić information content (AvgIpc) is 3.30. The van der Waals surface area contributed by atoms with Crippen molar-refractivity contribution in [1.82, 2.24) is 15.5 Å². The molecule has 0 fully saturated rings. The Balaban J connectivity index is 1.65. The van der Waals surface area contributed by atoms with E-state index >= 15 is 0 Å². The van der Waals surface area contributed by atoms with E-state index in [1.165, 1.54) is 11.3 Å². The van der Waals surface area contributed by atoms with Gasteiger partial charge in [-0.1, -0.05) is 31.6 Å². The molecule has 0 spiro atoms. The Hall–Kier alpha value is -3.67. The normalized spacial score (nSPS) is 13.0. The van der Waals surface area contributed by atoms with Crippen molar-refractivity contribution in [2.24, 2.45) is 5.92 Å². The molecule has 12 heteroatoms. The predicted molar refractivity (Wildman–Crippen MR) is 127 cm³/mol. The maximum absolute atomic E-state index is 12.9. The number of aromatic nitrogens is 2. The second-order valence-electron chi connectivity index (χ2n) is 7.67. The smallest absolute Gasteiger partial charge is 0.416 e. The van der Waals surface area contributed by atoms with Crippen LogP contribution < -0.4 is 20.7 Å². The molecule has 0 radical (unpaired) electrons. The lowest BCUT2D eigenvalue weighted by molar-refractivity contribution is -0.137. The highest BCUT2D eigenvalue weighted by atomic mass is 32.1. The van der Waals surface area contributed by atoms with E-state index in [4.69, 9.17) is 4.74 Å². The first-order valence-electron chi connectivity index (χ1n) is 10.6. The number of carbonyl (C=O) groups is 2. The van der Waals surface area contributed by atoms with E-state index in [1.54, 1.807) is 26.2 Å². The van der Waals surface area contributed by atoms with Gasteiger partial charge in [0, 0.05) is 11.3 Å². The number of nitrogens with one attached hydrogen (secondary N) is 3. The van der Waals surface area contributed by atoms with E-state index in [0.717, 1.165) is 29.8 Å². The van der Waals surface area contributed by atoms with Gasteiger partial charge in [-0.2, -0.15) is 13.2 Å². The van der Waals surface area contributed by atoms with Crippen LogP contribution in [-0.4, -0.2) is 35.3 Å². The van der Waals surface area contributed by atoms with E-state index in [9.17, 15) is 22.8 Å². The second kappa shape index (κ2) is 11.2. The highest BCUT2D eigenvalue weighted by molar-refractivity contribution is 7.18. The summed E-state index contributed by atoms with van der Waals surface area (Å²) in [7, 11) is 1.57. The third-order valence-electron chi connectivity index (χ3n) is 5.24. The third kappa shape index (κ3) is 6.92. The van der Waals surface area contributed by atoms with E-state index in [1.807, 2.05) is 19.1 Å². The molecule has 0 bridgehead atoms. The number of amides is 3. The summed E-state index contributed by atoms with van der Waals surface area (Å²) in [6.45, 7) is 3.67. The molecule has 2 unspecified atom stereocenters. The summed E-state index contributed by atoms with van der Waals surface area (Å²) in [4.78, 5) is 25.4. The number of hydrogen-bond donors (Lipinski definition) is 3. The first-order chi connectivity index (χ1) is 16.6. The Morgan fingerprint density at radius 1 is 1.03 bits per heavy atom. The summed E-state index contributed by atoms with van der Waals surface area (Å²) >= 11 is 1.17. The van der Waals surface area contributed by atoms with E-state index in [0.29, 0.717) is 17.2 Å². The van der Waals surface area contributed by atoms with Crippen LogP contribution in [0.4, 0.5) is 28.8 Å². The summed E-state index contributed by atoms with van der Waals surface area (Å²) < 4.78 is 43.3. The molecule has 0 aliphatic heterocycles. The standard InChI is InChI=1S/C23H24F3N5O3S/c1-4-13(2)18(28-21(33)27-16-9-7-15(8-10-16)23(24,25)26)19(32)29-22-31-30-20(35-22)14-5-11-17(34-3)12-6-14/h5-13,18H,4H2,1-3H3,(H2,27,28,33)(H,29,31,32). The molecule has 1 aromatic heterocycles. The first-order valence-corrected chi connectivity index (χ1v) is 11.5. The second-order valence-corrected chi connectivity index (χ2v) is 8.64. The molecule has 186 valence electrons. The summed E-state index contributed by atoms with van der Waals surface area (Å²) in [5, 5.41) is 16.7. The average molecular weight is 508 g/mol. The molecule has 3 N–H and O–H groups in total. The number of benzene rings is 2. The zero-order chi connectivity index (χ0) is 25.6. The molecule has 3 rings (SSSR count). The monoisotopic (exact) mass is 507 g/mol. The Bertz CT molecular complexity index is 1150. The zero-order valence-corrected chi connectivity index (χ0v) is 20.0. The number of halogens is 3. The van der Waals surface area contributed by atoms with E-state index < -0.39 is 29.7 Å². The number of methoxy groups -OCH3 is 1. The van der Waals surface area contributed by atoms with Crippen LogP contribution in [0.3, 0.4) is 0 Å². The highest BCUT2D eigenvalue weighted by Gasteiger charge is 2.30. The molecule has 8 nitrogen and oxygen atoms in total. The number of anilines is 2. The molecule has 0 aliphatic rings. The van der Waals surface area contributed by atoms with Crippen molar-refractivity contribution < 1.29 is 27.5 Å². The number of hydrogen-bond acceptors (Lipinski definition) is 6. The molecule has 35 heavy (non-hydrogen) atoms. The van der Waals surface area contributed by atoms with Gasteiger partial charge in [0.25, 0.3) is 0 Å².